The second-order valence-corrected chi connectivity index (χ2v) is 6.87. The number of anilines is 1. The maximum Gasteiger partial charge on any atom is 0.270 e. The predicted molar refractivity (Wildman–Crippen MR) is 97.1 cm³/mol. The molecule has 3 rings (SSSR count). The Bertz CT molecular complexity index is 828. The van der Waals surface area contributed by atoms with Crippen LogP contribution in [-0.4, -0.2) is 17.3 Å². The highest BCUT2D eigenvalue weighted by molar-refractivity contribution is 8.27. The number of thioether (sulfide) groups is 1. The minimum absolute atomic E-state index is 0.199. The third-order valence-corrected chi connectivity index (χ3v) is 4.82. The van der Waals surface area contributed by atoms with E-state index in [1.165, 1.54) is 23.8 Å². The summed E-state index contributed by atoms with van der Waals surface area (Å²) >= 11 is 12.7. The van der Waals surface area contributed by atoms with E-state index >= 15 is 0 Å². The summed E-state index contributed by atoms with van der Waals surface area (Å²) in [6.45, 7) is 1.85. The number of carbonyl (C=O) groups excluding carboxylic acids is 1. The van der Waals surface area contributed by atoms with Crippen molar-refractivity contribution in [1.82, 2.24) is 0 Å². The molecule has 1 aromatic carbocycles. The normalized spacial score (nSPS) is 16.5. The average Bonchev–Trinajstić information content (AvgIpc) is 3.03. The second kappa shape index (κ2) is 6.39. The van der Waals surface area contributed by atoms with Gasteiger partial charge in [0.05, 0.1) is 22.7 Å². The highest BCUT2D eigenvalue weighted by Crippen LogP contribution is 2.38. The number of aryl methyl sites for hydroxylation is 1. The number of methoxy groups -OCH3 is 1. The fourth-order valence-electron chi connectivity index (χ4n) is 2.14. The first-order valence-electron chi connectivity index (χ1n) is 6.67. The minimum Gasteiger partial charge on any atom is -0.495 e. The molecule has 0 aliphatic carbocycles. The lowest BCUT2D eigenvalue weighted by molar-refractivity contribution is -0.113. The van der Waals surface area contributed by atoms with Crippen LogP contribution >= 0.6 is 35.6 Å². The number of benzene rings is 1. The standard InChI is InChI=1S/C16H12ClNO3S2/c1-9-3-5-11(21-9)8-14-15(19)18(16(22)23-14)10-4-6-13(20-2)12(17)7-10/h3-8H,1-2H3/b14-8-. The summed E-state index contributed by atoms with van der Waals surface area (Å²) in [5.41, 5.74) is 0.609. The quantitative estimate of drug-likeness (QED) is 0.584. The number of ether oxygens (including phenoxy) is 1. The van der Waals surface area contributed by atoms with Crippen molar-refractivity contribution >= 4 is 57.6 Å². The molecule has 1 aliphatic heterocycles. The minimum atomic E-state index is -0.199. The van der Waals surface area contributed by atoms with Gasteiger partial charge in [-0.15, -0.1) is 0 Å². The third kappa shape index (κ3) is 3.15. The summed E-state index contributed by atoms with van der Waals surface area (Å²) in [5.74, 6) is 1.75. The lowest BCUT2D eigenvalue weighted by atomic mass is 10.2. The van der Waals surface area contributed by atoms with Crippen molar-refractivity contribution in [3.05, 3.63) is 51.8 Å². The van der Waals surface area contributed by atoms with Crippen molar-refractivity contribution in [3.8, 4) is 5.75 Å². The summed E-state index contributed by atoms with van der Waals surface area (Å²) in [6, 6.07) is 8.76. The van der Waals surface area contributed by atoms with E-state index in [9.17, 15) is 4.79 Å². The van der Waals surface area contributed by atoms with Gasteiger partial charge in [-0.3, -0.25) is 9.69 Å². The third-order valence-electron chi connectivity index (χ3n) is 3.22. The number of amides is 1. The van der Waals surface area contributed by atoms with Gasteiger partial charge in [-0.05, 0) is 37.3 Å². The van der Waals surface area contributed by atoms with Crippen molar-refractivity contribution in [1.29, 1.82) is 0 Å². The molecule has 7 heteroatoms. The zero-order valence-corrected chi connectivity index (χ0v) is 14.7. The Kier molecular flexibility index (Phi) is 4.48. The van der Waals surface area contributed by atoms with Crippen LogP contribution in [0.5, 0.6) is 5.75 Å². The topological polar surface area (TPSA) is 42.7 Å². The smallest absolute Gasteiger partial charge is 0.270 e. The molecular weight excluding hydrogens is 354 g/mol. The van der Waals surface area contributed by atoms with Crippen LogP contribution in [0.3, 0.4) is 0 Å². The first kappa shape index (κ1) is 16.1. The average molecular weight is 366 g/mol. The first-order chi connectivity index (χ1) is 11.0. The summed E-state index contributed by atoms with van der Waals surface area (Å²) < 4.78 is 11.0. The van der Waals surface area contributed by atoms with Gasteiger partial charge < -0.3 is 9.15 Å². The van der Waals surface area contributed by atoms with Gasteiger partial charge in [0.15, 0.2) is 4.32 Å². The van der Waals surface area contributed by atoms with Crippen molar-refractivity contribution < 1.29 is 13.9 Å². The van der Waals surface area contributed by atoms with Gasteiger partial charge in [-0.2, -0.15) is 0 Å². The fraction of sp³-hybridized carbons (Fsp3) is 0.125. The van der Waals surface area contributed by atoms with Crippen LogP contribution in [0.2, 0.25) is 5.02 Å². The lowest BCUT2D eigenvalue weighted by Gasteiger charge is -2.15. The van der Waals surface area contributed by atoms with E-state index in [2.05, 4.69) is 0 Å². The molecule has 0 unspecified atom stereocenters. The van der Waals surface area contributed by atoms with Crippen molar-refractivity contribution in [2.75, 3.05) is 12.0 Å². The van der Waals surface area contributed by atoms with Gasteiger partial charge in [0, 0.05) is 6.08 Å². The van der Waals surface area contributed by atoms with Gasteiger partial charge in [0.1, 0.15) is 17.3 Å². The molecular formula is C16H12ClNO3S2. The second-order valence-electron chi connectivity index (χ2n) is 4.78. The molecule has 0 N–H and O–H groups in total. The molecule has 1 amide bonds. The number of hydrogen-bond donors (Lipinski definition) is 0. The summed E-state index contributed by atoms with van der Waals surface area (Å²) in [5, 5.41) is 0.421. The summed E-state index contributed by atoms with van der Waals surface area (Å²) in [6.07, 6.45) is 1.69. The molecule has 1 saturated heterocycles. The molecule has 0 atom stereocenters. The van der Waals surface area contributed by atoms with Gasteiger partial charge in [-0.25, -0.2) is 0 Å². The van der Waals surface area contributed by atoms with E-state index in [4.69, 9.17) is 33.0 Å². The van der Waals surface area contributed by atoms with Crippen molar-refractivity contribution in [2.45, 2.75) is 6.92 Å². The van der Waals surface area contributed by atoms with Crippen LogP contribution in [0.15, 0.2) is 39.7 Å². The molecule has 0 bridgehead atoms. The molecule has 4 nitrogen and oxygen atoms in total. The zero-order chi connectivity index (χ0) is 16.6. The molecule has 2 aromatic rings. The molecule has 1 aromatic heterocycles. The lowest BCUT2D eigenvalue weighted by Crippen LogP contribution is -2.27. The maximum atomic E-state index is 12.6. The van der Waals surface area contributed by atoms with Crippen LogP contribution in [0.25, 0.3) is 6.08 Å². The number of carbonyl (C=O) groups is 1. The van der Waals surface area contributed by atoms with Gasteiger partial charge in [-0.1, -0.05) is 35.6 Å². The zero-order valence-electron chi connectivity index (χ0n) is 12.3. The number of thiocarbonyl (C=S) groups is 1. The molecule has 1 aliphatic rings. The van der Waals surface area contributed by atoms with Gasteiger partial charge in [0.2, 0.25) is 0 Å². The number of hydrogen-bond acceptors (Lipinski definition) is 5. The number of halogens is 1. The molecule has 23 heavy (non-hydrogen) atoms. The van der Waals surface area contributed by atoms with Crippen LogP contribution in [-0.2, 0) is 4.79 Å². The Balaban J connectivity index is 1.92. The summed E-state index contributed by atoms with van der Waals surface area (Å²) in [7, 11) is 1.54. The molecule has 0 radical (unpaired) electrons. The Morgan fingerprint density at radius 1 is 1.35 bits per heavy atom. The highest BCUT2D eigenvalue weighted by Gasteiger charge is 2.33. The SMILES string of the molecule is COc1ccc(N2C(=O)/C(=C/c3ccc(C)o3)SC2=S)cc1Cl. The van der Waals surface area contributed by atoms with Crippen LogP contribution in [0.1, 0.15) is 11.5 Å². The fourth-order valence-corrected chi connectivity index (χ4v) is 3.68. The van der Waals surface area contributed by atoms with E-state index in [1.54, 1.807) is 24.3 Å². The molecule has 0 spiro atoms. The molecule has 0 saturated carbocycles. The molecule has 118 valence electrons. The highest BCUT2D eigenvalue weighted by atomic mass is 35.5. The molecule has 1 fully saturated rings. The van der Waals surface area contributed by atoms with Crippen molar-refractivity contribution in [3.63, 3.8) is 0 Å². The number of rotatable bonds is 3. The predicted octanol–water partition coefficient (Wildman–Crippen LogP) is 4.66. The Morgan fingerprint density at radius 3 is 2.74 bits per heavy atom. The van der Waals surface area contributed by atoms with Crippen LogP contribution < -0.4 is 9.64 Å². The van der Waals surface area contributed by atoms with E-state index in [-0.39, 0.29) is 5.91 Å². The van der Waals surface area contributed by atoms with Gasteiger partial charge in [0.25, 0.3) is 5.91 Å². The van der Waals surface area contributed by atoms with E-state index in [1.807, 2.05) is 19.1 Å². The van der Waals surface area contributed by atoms with Gasteiger partial charge >= 0.3 is 0 Å². The Hall–Kier alpha value is -1.76. The largest absolute Gasteiger partial charge is 0.495 e. The van der Waals surface area contributed by atoms with E-state index in [0.29, 0.717) is 31.4 Å². The Morgan fingerprint density at radius 2 is 2.13 bits per heavy atom. The van der Waals surface area contributed by atoms with E-state index < -0.39 is 0 Å². The maximum absolute atomic E-state index is 12.6. The Labute approximate surface area is 148 Å². The van der Waals surface area contributed by atoms with Crippen molar-refractivity contribution in [2.24, 2.45) is 0 Å². The number of nitrogens with zero attached hydrogens (tertiary/aromatic N) is 1. The number of furan rings is 1. The van der Waals surface area contributed by atoms with E-state index in [0.717, 1.165) is 5.76 Å². The molecule has 2 heterocycles. The monoisotopic (exact) mass is 365 g/mol. The van der Waals surface area contributed by atoms with Crippen LogP contribution in [0, 0.1) is 6.92 Å². The first-order valence-corrected chi connectivity index (χ1v) is 8.28. The van der Waals surface area contributed by atoms with Crippen LogP contribution in [0.4, 0.5) is 5.69 Å². The summed E-state index contributed by atoms with van der Waals surface area (Å²) in [4.78, 5) is 14.6.